The van der Waals surface area contributed by atoms with Crippen LogP contribution in [0.5, 0.6) is 5.88 Å². The molecule has 0 bridgehead atoms. The Kier molecular flexibility index (Phi) is 4.52. The predicted octanol–water partition coefficient (Wildman–Crippen LogP) is 2.61. The minimum atomic E-state index is 0.273. The van der Waals surface area contributed by atoms with E-state index in [4.69, 9.17) is 10.5 Å². The van der Waals surface area contributed by atoms with Crippen LogP contribution >= 0.6 is 0 Å². The van der Waals surface area contributed by atoms with Crippen molar-refractivity contribution in [2.75, 3.05) is 12.3 Å². The molecule has 0 aliphatic heterocycles. The second kappa shape index (κ2) is 5.68. The molecule has 0 aromatic carbocycles. The molecule has 0 saturated carbocycles. The zero-order valence-electron chi connectivity index (χ0n) is 10.5. The molecule has 0 aliphatic carbocycles. The third kappa shape index (κ3) is 3.36. The van der Waals surface area contributed by atoms with Gasteiger partial charge in [-0.15, -0.1) is 0 Å². The van der Waals surface area contributed by atoms with Gasteiger partial charge in [-0.05, 0) is 18.3 Å². The maximum atomic E-state index is 5.82. The van der Waals surface area contributed by atoms with E-state index in [2.05, 4.69) is 37.7 Å². The van der Waals surface area contributed by atoms with Crippen LogP contribution in [0.3, 0.4) is 0 Å². The van der Waals surface area contributed by atoms with Crippen LogP contribution in [0.1, 0.15) is 45.6 Å². The van der Waals surface area contributed by atoms with Crippen LogP contribution in [-0.2, 0) is 0 Å². The maximum Gasteiger partial charge on any atom is 0.222 e. The Bertz CT molecular complexity index is 337. The average molecular weight is 223 g/mol. The summed E-state index contributed by atoms with van der Waals surface area (Å²) in [5, 5.41) is 0. The van der Waals surface area contributed by atoms with E-state index in [0.29, 0.717) is 24.2 Å². The second-order valence-electron chi connectivity index (χ2n) is 4.66. The van der Waals surface area contributed by atoms with Gasteiger partial charge in [0.25, 0.3) is 0 Å². The van der Waals surface area contributed by atoms with Crippen molar-refractivity contribution in [2.24, 2.45) is 5.92 Å². The van der Waals surface area contributed by atoms with Crippen molar-refractivity contribution in [2.45, 2.75) is 40.0 Å². The molecule has 1 rings (SSSR count). The lowest BCUT2D eigenvalue weighted by Gasteiger charge is -2.14. The van der Waals surface area contributed by atoms with Gasteiger partial charge in [-0.2, -0.15) is 0 Å². The lowest BCUT2D eigenvalue weighted by Crippen LogP contribution is -2.08. The van der Waals surface area contributed by atoms with Gasteiger partial charge in [0.05, 0.1) is 12.2 Å². The van der Waals surface area contributed by atoms with Crippen molar-refractivity contribution in [1.82, 2.24) is 9.97 Å². The first-order chi connectivity index (χ1) is 7.52. The average Bonchev–Trinajstić information content (AvgIpc) is 2.16. The number of ether oxygens (including phenoxy) is 1. The van der Waals surface area contributed by atoms with Crippen molar-refractivity contribution in [3.05, 3.63) is 11.9 Å². The predicted molar refractivity (Wildman–Crippen MR) is 65.5 cm³/mol. The van der Waals surface area contributed by atoms with E-state index < -0.39 is 0 Å². The van der Waals surface area contributed by atoms with Gasteiger partial charge in [0.1, 0.15) is 12.1 Å². The van der Waals surface area contributed by atoms with E-state index in [1.165, 1.54) is 6.33 Å². The number of anilines is 1. The summed E-state index contributed by atoms with van der Waals surface area (Å²) in [4.78, 5) is 8.14. The summed E-state index contributed by atoms with van der Waals surface area (Å²) in [7, 11) is 0. The number of aromatic nitrogens is 2. The SMILES string of the molecule is CC(C)CCOc1ncnc(N)c1C(C)C. The smallest absolute Gasteiger partial charge is 0.222 e. The first kappa shape index (κ1) is 12.7. The third-order valence-electron chi connectivity index (χ3n) is 2.39. The Morgan fingerprint density at radius 3 is 2.50 bits per heavy atom. The van der Waals surface area contributed by atoms with Gasteiger partial charge < -0.3 is 10.5 Å². The van der Waals surface area contributed by atoms with E-state index in [1.54, 1.807) is 0 Å². The zero-order valence-corrected chi connectivity index (χ0v) is 10.5. The molecule has 0 unspecified atom stereocenters. The van der Waals surface area contributed by atoms with Gasteiger partial charge in [-0.25, -0.2) is 9.97 Å². The van der Waals surface area contributed by atoms with Gasteiger partial charge in [-0.1, -0.05) is 27.7 Å². The fourth-order valence-corrected chi connectivity index (χ4v) is 1.44. The van der Waals surface area contributed by atoms with Gasteiger partial charge >= 0.3 is 0 Å². The van der Waals surface area contributed by atoms with E-state index in [1.807, 2.05) is 0 Å². The number of hydrogen-bond donors (Lipinski definition) is 1. The lowest BCUT2D eigenvalue weighted by atomic mass is 10.1. The maximum absolute atomic E-state index is 5.82. The molecule has 0 fully saturated rings. The van der Waals surface area contributed by atoms with Crippen LogP contribution < -0.4 is 10.5 Å². The molecule has 0 atom stereocenters. The van der Waals surface area contributed by atoms with Crippen LogP contribution in [0.15, 0.2) is 6.33 Å². The van der Waals surface area contributed by atoms with Crippen LogP contribution in [-0.4, -0.2) is 16.6 Å². The summed E-state index contributed by atoms with van der Waals surface area (Å²) in [6.45, 7) is 9.13. The van der Waals surface area contributed by atoms with Crippen LogP contribution in [0.4, 0.5) is 5.82 Å². The van der Waals surface area contributed by atoms with Crippen molar-refractivity contribution in [3.63, 3.8) is 0 Å². The summed E-state index contributed by atoms with van der Waals surface area (Å²) in [6, 6.07) is 0. The molecule has 1 aromatic heterocycles. The standard InChI is InChI=1S/C12H21N3O/c1-8(2)5-6-16-12-10(9(3)4)11(13)14-7-15-12/h7-9H,5-6H2,1-4H3,(H2,13,14,15). The van der Waals surface area contributed by atoms with E-state index in [0.717, 1.165) is 12.0 Å². The molecule has 16 heavy (non-hydrogen) atoms. The van der Waals surface area contributed by atoms with Crippen LogP contribution in [0, 0.1) is 5.92 Å². The van der Waals surface area contributed by atoms with Crippen molar-refractivity contribution in [1.29, 1.82) is 0 Å². The first-order valence-electron chi connectivity index (χ1n) is 5.75. The number of nitrogens with zero attached hydrogens (tertiary/aromatic N) is 2. The summed E-state index contributed by atoms with van der Waals surface area (Å²) >= 11 is 0. The summed E-state index contributed by atoms with van der Waals surface area (Å²) in [6.07, 6.45) is 2.47. The second-order valence-corrected chi connectivity index (χ2v) is 4.66. The lowest BCUT2D eigenvalue weighted by molar-refractivity contribution is 0.275. The minimum absolute atomic E-state index is 0.273. The molecule has 0 saturated heterocycles. The number of nitrogen functional groups attached to an aromatic ring is 1. The van der Waals surface area contributed by atoms with Gasteiger partial charge in [0.15, 0.2) is 0 Å². The number of hydrogen-bond acceptors (Lipinski definition) is 4. The normalized spacial score (nSPS) is 11.1. The van der Waals surface area contributed by atoms with Gasteiger partial charge in [0, 0.05) is 0 Å². The zero-order chi connectivity index (χ0) is 12.1. The fourth-order valence-electron chi connectivity index (χ4n) is 1.44. The molecule has 0 aliphatic rings. The third-order valence-corrected chi connectivity index (χ3v) is 2.39. The monoisotopic (exact) mass is 223 g/mol. The summed E-state index contributed by atoms with van der Waals surface area (Å²) < 4.78 is 5.66. The highest BCUT2D eigenvalue weighted by atomic mass is 16.5. The molecule has 1 heterocycles. The molecule has 2 N–H and O–H groups in total. The Morgan fingerprint density at radius 1 is 1.25 bits per heavy atom. The Labute approximate surface area is 97.2 Å². The highest BCUT2D eigenvalue weighted by molar-refractivity contribution is 5.46. The number of rotatable bonds is 5. The Balaban J connectivity index is 2.75. The van der Waals surface area contributed by atoms with Gasteiger partial charge in [0.2, 0.25) is 5.88 Å². The minimum Gasteiger partial charge on any atom is -0.477 e. The molecule has 4 heteroatoms. The highest BCUT2D eigenvalue weighted by Gasteiger charge is 2.14. The summed E-state index contributed by atoms with van der Waals surface area (Å²) in [5.41, 5.74) is 6.73. The molecule has 1 aromatic rings. The quantitative estimate of drug-likeness (QED) is 0.833. The molecule has 4 nitrogen and oxygen atoms in total. The van der Waals surface area contributed by atoms with Crippen molar-refractivity contribution in [3.8, 4) is 5.88 Å². The molecule has 0 radical (unpaired) electrons. The molecule has 0 spiro atoms. The van der Waals surface area contributed by atoms with Crippen molar-refractivity contribution < 1.29 is 4.74 Å². The highest BCUT2D eigenvalue weighted by Crippen LogP contribution is 2.28. The Morgan fingerprint density at radius 2 is 1.94 bits per heavy atom. The van der Waals surface area contributed by atoms with E-state index in [9.17, 15) is 0 Å². The largest absolute Gasteiger partial charge is 0.477 e. The van der Waals surface area contributed by atoms with Crippen LogP contribution in [0.25, 0.3) is 0 Å². The molecular formula is C12H21N3O. The van der Waals surface area contributed by atoms with E-state index >= 15 is 0 Å². The van der Waals surface area contributed by atoms with E-state index in [-0.39, 0.29) is 5.92 Å². The molecule has 0 amide bonds. The molecular weight excluding hydrogens is 202 g/mol. The van der Waals surface area contributed by atoms with Crippen LogP contribution in [0.2, 0.25) is 0 Å². The first-order valence-corrected chi connectivity index (χ1v) is 5.75. The molecule has 90 valence electrons. The number of nitrogens with two attached hydrogens (primary N) is 1. The van der Waals surface area contributed by atoms with Crippen molar-refractivity contribution >= 4 is 5.82 Å². The summed E-state index contributed by atoms with van der Waals surface area (Å²) in [5.74, 6) is 2.05. The Hall–Kier alpha value is -1.32. The fraction of sp³-hybridized carbons (Fsp3) is 0.667. The van der Waals surface area contributed by atoms with Gasteiger partial charge in [-0.3, -0.25) is 0 Å². The topological polar surface area (TPSA) is 61.0 Å².